The first-order chi connectivity index (χ1) is 9.16. The molecule has 4 nitrogen and oxygen atoms in total. The van der Waals surface area contributed by atoms with E-state index >= 15 is 0 Å². The average molecular weight is 274 g/mol. The Morgan fingerprint density at radius 2 is 2.32 bits per heavy atom. The van der Waals surface area contributed by atoms with Crippen LogP contribution in [0.3, 0.4) is 0 Å². The molecule has 0 bridgehead atoms. The molecule has 0 aliphatic carbocycles. The molecule has 0 saturated heterocycles. The Labute approximate surface area is 118 Å². The lowest BCUT2D eigenvalue weighted by molar-refractivity contribution is 0.637. The third kappa shape index (κ3) is 3.79. The van der Waals surface area contributed by atoms with Crippen molar-refractivity contribution in [2.75, 3.05) is 18.5 Å². The van der Waals surface area contributed by atoms with Crippen LogP contribution in [0.4, 0.5) is 5.69 Å². The molecule has 1 aromatic carbocycles. The maximum Gasteiger partial charge on any atom is 0.104 e. The number of nitrogens with two attached hydrogens (primary N) is 1. The van der Waals surface area contributed by atoms with Crippen molar-refractivity contribution < 1.29 is 0 Å². The van der Waals surface area contributed by atoms with Gasteiger partial charge in [-0.25, -0.2) is 4.98 Å². The topological polar surface area (TPSA) is 47.1 Å². The second-order valence-electron chi connectivity index (χ2n) is 4.49. The van der Waals surface area contributed by atoms with E-state index in [0.29, 0.717) is 4.99 Å². The van der Waals surface area contributed by atoms with E-state index < -0.39 is 0 Å². The van der Waals surface area contributed by atoms with Crippen molar-refractivity contribution in [1.82, 2.24) is 9.55 Å². The number of aromatic nitrogens is 2. The summed E-state index contributed by atoms with van der Waals surface area (Å²) in [5.41, 5.74) is 7.70. The van der Waals surface area contributed by atoms with Gasteiger partial charge < -0.3 is 15.2 Å². The highest BCUT2D eigenvalue weighted by Gasteiger charge is 2.03. The van der Waals surface area contributed by atoms with E-state index in [4.69, 9.17) is 18.0 Å². The molecule has 0 radical (unpaired) electrons. The molecule has 0 atom stereocenters. The van der Waals surface area contributed by atoms with E-state index in [-0.39, 0.29) is 0 Å². The van der Waals surface area contributed by atoms with E-state index in [1.54, 1.807) is 6.20 Å². The summed E-state index contributed by atoms with van der Waals surface area (Å²) in [7, 11) is 2.08. The summed E-state index contributed by atoms with van der Waals surface area (Å²) >= 11 is 5.00. The molecular weight excluding hydrogens is 256 g/mol. The van der Waals surface area contributed by atoms with Gasteiger partial charge in [-0.15, -0.1) is 0 Å². The molecule has 0 amide bonds. The van der Waals surface area contributed by atoms with Crippen LogP contribution in [0.15, 0.2) is 43.0 Å². The zero-order valence-corrected chi connectivity index (χ0v) is 11.8. The van der Waals surface area contributed by atoms with Crippen LogP contribution in [0, 0.1) is 0 Å². The molecule has 2 aromatic rings. The zero-order chi connectivity index (χ0) is 13.7. The Morgan fingerprint density at radius 1 is 1.47 bits per heavy atom. The average Bonchev–Trinajstić information content (AvgIpc) is 2.92. The van der Waals surface area contributed by atoms with Gasteiger partial charge >= 0.3 is 0 Å². The van der Waals surface area contributed by atoms with E-state index in [2.05, 4.69) is 27.6 Å². The molecule has 0 unspecified atom stereocenters. The summed E-state index contributed by atoms with van der Waals surface area (Å²) in [5, 5.41) is 0. The number of aryl methyl sites for hydroxylation is 1. The second kappa shape index (κ2) is 6.33. The summed E-state index contributed by atoms with van der Waals surface area (Å²) in [6.45, 7) is 1.94. The number of imidazole rings is 1. The lowest BCUT2D eigenvalue weighted by Crippen LogP contribution is -2.20. The maximum atomic E-state index is 5.65. The van der Waals surface area contributed by atoms with Crippen molar-refractivity contribution in [2.45, 2.75) is 13.0 Å². The minimum atomic E-state index is 0.439. The van der Waals surface area contributed by atoms with Crippen LogP contribution in [-0.2, 0) is 6.54 Å². The first-order valence-electron chi connectivity index (χ1n) is 6.23. The number of hydrogen-bond donors (Lipinski definition) is 1. The Kier molecular flexibility index (Phi) is 4.52. The minimum absolute atomic E-state index is 0.439. The quantitative estimate of drug-likeness (QED) is 0.819. The van der Waals surface area contributed by atoms with E-state index in [9.17, 15) is 0 Å². The molecule has 100 valence electrons. The number of benzene rings is 1. The van der Waals surface area contributed by atoms with E-state index in [1.165, 1.54) is 0 Å². The van der Waals surface area contributed by atoms with Gasteiger partial charge in [0.1, 0.15) is 4.99 Å². The summed E-state index contributed by atoms with van der Waals surface area (Å²) < 4.78 is 2.08. The smallest absolute Gasteiger partial charge is 0.104 e. The normalized spacial score (nSPS) is 10.4. The van der Waals surface area contributed by atoms with Gasteiger partial charge in [-0.3, -0.25) is 0 Å². The molecule has 2 N–H and O–H groups in total. The predicted molar refractivity (Wildman–Crippen MR) is 82.4 cm³/mol. The highest BCUT2D eigenvalue weighted by molar-refractivity contribution is 7.80. The molecule has 0 spiro atoms. The molecular formula is C14H18N4S. The van der Waals surface area contributed by atoms with Crippen molar-refractivity contribution in [3.05, 3.63) is 48.5 Å². The fourth-order valence-corrected chi connectivity index (χ4v) is 2.06. The van der Waals surface area contributed by atoms with Gasteiger partial charge in [0.2, 0.25) is 0 Å². The van der Waals surface area contributed by atoms with Crippen LogP contribution < -0.4 is 10.6 Å². The molecule has 1 aromatic heterocycles. The first-order valence-corrected chi connectivity index (χ1v) is 6.64. The predicted octanol–water partition coefficient (Wildman–Crippen LogP) is 2.04. The van der Waals surface area contributed by atoms with Gasteiger partial charge in [0.25, 0.3) is 0 Å². The van der Waals surface area contributed by atoms with Crippen LogP contribution in [0.5, 0.6) is 0 Å². The van der Waals surface area contributed by atoms with E-state index in [0.717, 1.165) is 30.8 Å². The summed E-state index contributed by atoms with van der Waals surface area (Å²) in [5.74, 6) is 0. The molecule has 0 saturated carbocycles. The van der Waals surface area contributed by atoms with Crippen molar-refractivity contribution in [3.8, 4) is 0 Å². The van der Waals surface area contributed by atoms with Crippen LogP contribution in [0.2, 0.25) is 0 Å². The standard InChI is InChI=1S/C14H18N4S/c1-17(7-3-8-18-9-6-16-11-18)13-5-2-4-12(10-13)14(15)19/h2,4-6,9-11H,3,7-8H2,1H3,(H2,15,19). The van der Waals surface area contributed by atoms with Crippen molar-refractivity contribution in [2.24, 2.45) is 5.73 Å². The lowest BCUT2D eigenvalue weighted by atomic mass is 10.2. The van der Waals surface area contributed by atoms with Gasteiger partial charge in [0.05, 0.1) is 6.33 Å². The van der Waals surface area contributed by atoms with Gasteiger partial charge in [-0.2, -0.15) is 0 Å². The largest absolute Gasteiger partial charge is 0.389 e. The molecule has 0 aliphatic rings. The second-order valence-corrected chi connectivity index (χ2v) is 4.93. The Hall–Kier alpha value is -1.88. The Morgan fingerprint density at radius 3 is 3.00 bits per heavy atom. The fraction of sp³-hybridized carbons (Fsp3) is 0.286. The van der Waals surface area contributed by atoms with Gasteiger partial charge in [0.15, 0.2) is 0 Å². The van der Waals surface area contributed by atoms with Crippen LogP contribution in [0.1, 0.15) is 12.0 Å². The van der Waals surface area contributed by atoms with Crippen molar-refractivity contribution in [1.29, 1.82) is 0 Å². The van der Waals surface area contributed by atoms with Crippen molar-refractivity contribution in [3.63, 3.8) is 0 Å². The molecule has 2 rings (SSSR count). The molecule has 0 fully saturated rings. The summed E-state index contributed by atoms with van der Waals surface area (Å²) in [6, 6.07) is 8.01. The number of anilines is 1. The Balaban J connectivity index is 1.90. The maximum absolute atomic E-state index is 5.65. The number of rotatable bonds is 6. The highest BCUT2D eigenvalue weighted by atomic mass is 32.1. The summed E-state index contributed by atoms with van der Waals surface area (Å²) in [6.07, 6.45) is 6.68. The number of hydrogen-bond acceptors (Lipinski definition) is 3. The van der Waals surface area contributed by atoms with E-state index in [1.807, 2.05) is 30.7 Å². The SMILES string of the molecule is CN(CCCn1ccnc1)c1cccc(C(N)=S)c1. The van der Waals surface area contributed by atoms with Gasteiger partial charge in [0, 0.05) is 43.8 Å². The molecule has 19 heavy (non-hydrogen) atoms. The van der Waals surface area contributed by atoms with Gasteiger partial charge in [-0.05, 0) is 18.6 Å². The molecule has 1 heterocycles. The third-order valence-corrected chi connectivity index (χ3v) is 3.28. The van der Waals surface area contributed by atoms with Crippen LogP contribution >= 0.6 is 12.2 Å². The number of thiocarbonyl (C=S) groups is 1. The molecule has 5 heteroatoms. The first kappa shape index (κ1) is 13.5. The Bertz CT molecular complexity index is 536. The van der Waals surface area contributed by atoms with Crippen LogP contribution in [0.25, 0.3) is 0 Å². The highest BCUT2D eigenvalue weighted by Crippen LogP contribution is 2.15. The fourth-order valence-electron chi connectivity index (χ4n) is 1.94. The van der Waals surface area contributed by atoms with Crippen molar-refractivity contribution >= 4 is 22.9 Å². The third-order valence-electron chi connectivity index (χ3n) is 3.04. The van der Waals surface area contributed by atoms with Crippen LogP contribution in [-0.4, -0.2) is 28.1 Å². The molecule has 0 aliphatic heterocycles. The summed E-state index contributed by atoms with van der Waals surface area (Å²) in [4.78, 5) is 6.68. The van der Waals surface area contributed by atoms with Gasteiger partial charge in [-0.1, -0.05) is 24.4 Å². The minimum Gasteiger partial charge on any atom is -0.389 e. The lowest BCUT2D eigenvalue weighted by Gasteiger charge is -2.20. The number of nitrogens with zero attached hydrogens (tertiary/aromatic N) is 3. The zero-order valence-electron chi connectivity index (χ0n) is 11.0. The monoisotopic (exact) mass is 274 g/mol.